The molecule has 104 valence electrons. The van der Waals surface area contributed by atoms with Crippen LogP contribution in [0.15, 0.2) is 18.2 Å². The van der Waals surface area contributed by atoms with Gasteiger partial charge in [0.15, 0.2) is 0 Å². The molecule has 0 amide bonds. The predicted molar refractivity (Wildman–Crippen MR) is 80.0 cm³/mol. The first-order chi connectivity index (χ1) is 9.34. The highest BCUT2D eigenvalue weighted by atomic mass is 35.5. The van der Waals surface area contributed by atoms with Gasteiger partial charge < -0.3 is 4.74 Å². The summed E-state index contributed by atoms with van der Waals surface area (Å²) in [7, 11) is 0. The van der Waals surface area contributed by atoms with Gasteiger partial charge in [-0.15, -0.1) is 11.6 Å². The van der Waals surface area contributed by atoms with Gasteiger partial charge in [0.25, 0.3) is 0 Å². The van der Waals surface area contributed by atoms with Gasteiger partial charge in [0.1, 0.15) is 5.75 Å². The van der Waals surface area contributed by atoms with Gasteiger partial charge in [-0.3, -0.25) is 0 Å². The zero-order chi connectivity index (χ0) is 13.1. The summed E-state index contributed by atoms with van der Waals surface area (Å²) in [4.78, 5) is 0. The van der Waals surface area contributed by atoms with E-state index in [-0.39, 0.29) is 5.38 Å². The molecule has 0 spiro atoms. The summed E-state index contributed by atoms with van der Waals surface area (Å²) in [5, 5.41) is 0.185. The van der Waals surface area contributed by atoms with Gasteiger partial charge in [0.05, 0.1) is 12.0 Å². The Morgan fingerprint density at radius 2 is 1.84 bits per heavy atom. The van der Waals surface area contributed by atoms with E-state index >= 15 is 0 Å². The van der Waals surface area contributed by atoms with Crippen LogP contribution in [-0.4, -0.2) is 6.61 Å². The van der Waals surface area contributed by atoms with E-state index in [1.807, 2.05) is 0 Å². The highest BCUT2D eigenvalue weighted by Crippen LogP contribution is 2.39. The maximum absolute atomic E-state index is 6.76. The van der Waals surface area contributed by atoms with Crippen LogP contribution in [0.5, 0.6) is 5.75 Å². The molecule has 2 aliphatic rings. The van der Waals surface area contributed by atoms with Crippen LogP contribution < -0.4 is 4.74 Å². The van der Waals surface area contributed by atoms with Gasteiger partial charge in [-0.25, -0.2) is 0 Å². The Morgan fingerprint density at radius 1 is 1.05 bits per heavy atom. The summed E-state index contributed by atoms with van der Waals surface area (Å²) in [6.45, 7) is 0.860. The van der Waals surface area contributed by atoms with E-state index in [1.165, 1.54) is 49.7 Å². The third kappa shape index (κ3) is 3.08. The smallest absolute Gasteiger partial charge is 0.122 e. The number of benzene rings is 1. The predicted octanol–water partition coefficient (Wildman–Crippen LogP) is 5.26. The molecule has 1 fully saturated rings. The van der Waals surface area contributed by atoms with Crippen molar-refractivity contribution in [2.75, 3.05) is 6.61 Å². The Morgan fingerprint density at radius 3 is 2.63 bits per heavy atom. The first-order valence-electron chi connectivity index (χ1n) is 7.74. The van der Waals surface area contributed by atoms with E-state index in [2.05, 4.69) is 18.2 Å². The first-order valence-corrected chi connectivity index (χ1v) is 8.18. The second kappa shape index (κ2) is 6.17. The molecule has 0 aromatic heterocycles. The van der Waals surface area contributed by atoms with Crippen LogP contribution in [0.4, 0.5) is 0 Å². The monoisotopic (exact) mass is 278 g/mol. The minimum Gasteiger partial charge on any atom is -0.493 e. The molecule has 0 N–H and O–H groups in total. The number of alkyl halides is 1. The third-order valence-corrected chi connectivity index (χ3v) is 5.17. The van der Waals surface area contributed by atoms with E-state index in [9.17, 15) is 0 Å². The number of ether oxygens (including phenoxy) is 1. The summed E-state index contributed by atoms with van der Waals surface area (Å²) in [5.41, 5.74) is 2.65. The van der Waals surface area contributed by atoms with Crippen LogP contribution in [0.2, 0.25) is 0 Å². The summed E-state index contributed by atoms with van der Waals surface area (Å²) >= 11 is 6.76. The van der Waals surface area contributed by atoms with Crippen LogP contribution in [0.1, 0.15) is 61.4 Å². The molecule has 1 saturated carbocycles. The van der Waals surface area contributed by atoms with Gasteiger partial charge in [-0.05, 0) is 48.8 Å². The second-order valence-corrected chi connectivity index (χ2v) is 6.44. The van der Waals surface area contributed by atoms with Crippen molar-refractivity contribution in [2.45, 2.75) is 56.7 Å². The van der Waals surface area contributed by atoms with Gasteiger partial charge in [0.2, 0.25) is 0 Å². The van der Waals surface area contributed by atoms with Crippen molar-refractivity contribution in [1.82, 2.24) is 0 Å². The lowest BCUT2D eigenvalue weighted by molar-refractivity contribution is 0.288. The van der Waals surface area contributed by atoms with Crippen LogP contribution in [0, 0.1) is 5.92 Å². The molecule has 1 nitrogen and oxygen atoms in total. The molecule has 3 rings (SSSR count). The summed E-state index contributed by atoms with van der Waals surface area (Å²) in [6, 6.07) is 6.58. The van der Waals surface area contributed by atoms with Crippen molar-refractivity contribution in [3.8, 4) is 5.75 Å². The molecule has 0 saturated heterocycles. The normalized spacial score (nSPS) is 22.2. The Hall–Kier alpha value is -0.690. The van der Waals surface area contributed by atoms with Gasteiger partial charge >= 0.3 is 0 Å². The zero-order valence-corrected chi connectivity index (χ0v) is 12.3. The quantitative estimate of drug-likeness (QED) is 0.529. The fourth-order valence-corrected chi connectivity index (χ4v) is 3.82. The van der Waals surface area contributed by atoms with Crippen molar-refractivity contribution in [3.63, 3.8) is 0 Å². The lowest BCUT2D eigenvalue weighted by Gasteiger charge is -2.23. The largest absolute Gasteiger partial charge is 0.493 e. The molecule has 1 aliphatic heterocycles. The minimum absolute atomic E-state index is 0.185. The topological polar surface area (TPSA) is 9.23 Å². The van der Waals surface area contributed by atoms with Crippen molar-refractivity contribution in [1.29, 1.82) is 0 Å². The molecule has 0 bridgehead atoms. The molecule has 2 heteroatoms. The molecule has 19 heavy (non-hydrogen) atoms. The number of hydrogen-bond donors (Lipinski definition) is 0. The fourth-order valence-electron chi connectivity index (χ4n) is 3.43. The molecule has 1 unspecified atom stereocenters. The standard InChI is InChI=1S/C17H23ClO/c18-17(13-6-3-1-2-4-7-13)15-9-10-16-14(12-15)8-5-11-19-16/h9-10,12-13,17H,1-8,11H2. The van der Waals surface area contributed by atoms with Gasteiger partial charge in [-0.1, -0.05) is 37.8 Å². The Balaban J connectivity index is 1.76. The summed E-state index contributed by atoms with van der Waals surface area (Å²) in [5.74, 6) is 1.73. The van der Waals surface area contributed by atoms with Crippen molar-refractivity contribution >= 4 is 11.6 Å². The maximum Gasteiger partial charge on any atom is 0.122 e. The van der Waals surface area contributed by atoms with Crippen molar-refractivity contribution < 1.29 is 4.74 Å². The SMILES string of the molecule is ClC(c1ccc2c(c1)CCCO2)C1CCCCCC1. The number of aryl methyl sites for hydroxylation is 1. The molecule has 1 atom stereocenters. The summed E-state index contributed by atoms with van der Waals surface area (Å²) in [6.07, 6.45) is 10.3. The molecule has 1 aromatic carbocycles. The average molecular weight is 279 g/mol. The average Bonchev–Trinajstić information content (AvgIpc) is 2.75. The summed E-state index contributed by atoms with van der Waals surface area (Å²) < 4.78 is 5.68. The van der Waals surface area contributed by atoms with Crippen LogP contribution in [-0.2, 0) is 6.42 Å². The van der Waals surface area contributed by atoms with Crippen LogP contribution in [0.25, 0.3) is 0 Å². The second-order valence-electron chi connectivity index (χ2n) is 5.97. The lowest BCUT2D eigenvalue weighted by atomic mass is 9.90. The fraction of sp³-hybridized carbons (Fsp3) is 0.647. The zero-order valence-electron chi connectivity index (χ0n) is 11.5. The van der Waals surface area contributed by atoms with Crippen LogP contribution in [0.3, 0.4) is 0 Å². The first kappa shape index (κ1) is 13.3. The Labute approximate surface area is 121 Å². The van der Waals surface area contributed by atoms with E-state index in [0.29, 0.717) is 5.92 Å². The Kier molecular flexibility index (Phi) is 4.32. The number of halogens is 1. The number of hydrogen-bond acceptors (Lipinski definition) is 1. The van der Waals surface area contributed by atoms with E-state index in [4.69, 9.17) is 16.3 Å². The highest BCUT2D eigenvalue weighted by Gasteiger charge is 2.23. The molecule has 1 aromatic rings. The minimum atomic E-state index is 0.185. The molecule has 1 heterocycles. The number of rotatable bonds is 2. The van der Waals surface area contributed by atoms with Gasteiger partial charge in [-0.2, -0.15) is 0 Å². The molecule has 0 radical (unpaired) electrons. The maximum atomic E-state index is 6.76. The van der Waals surface area contributed by atoms with Crippen molar-refractivity contribution in [2.24, 2.45) is 5.92 Å². The van der Waals surface area contributed by atoms with E-state index in [1.54, 1.807) is 0 Å². The van der Waals surface area contributed by atoms with E-state index < -0.39 is 0 Å². The Bertz CT molecular complexity index is 421. The molecule has 1 aliphatic carbocycles. The van der Waals surface area contributed by atoms with Gasteiger partial charge in [0, 0.05) is 0 Å². The van der Waals surface area contributed by atoms with Crippen LogP contribution >= 0.6 is 11.6 Å². The van der Waals surface area contributed by atoms with Crippen molar-refractivity contribution in [3.05, 3.63) is 29.3 Å². The third-order valence-electron chi connectivity index (χ3n) is 4.56. The molecular weight excluding hydrogens is 256 g/mol. The molecular formula is C17H23ClO. The number of fused-ring (bicyclic) bond motifs is 1. The highest BCUT2D eigenvalue weighted by molar-refractivity contribution is 6.21. The van der Waals surface area contributed by atoms with E-state index in [0.717, 1.165) is 25.2 Å². The lowest BCUT2D eigenvalue weighted by Crippen LogP contribution is -2.11.